The lowest BCUT2D eigenvalue weighted by molar-refractivity contribution is 0.00876. The molecule has 1 aromatic carbocycles. The third kappa shape index (κ3) is 4.08. The van der Waals surface area contributed by atoms with Crippen molar-refractivity contribution in [1.29, 1.82) is 0 Å². The van der Waals surface area contributed by atoms with E-state index in [-0.39, 0.29) is 6.10 Å². The van der Waals surface area contributed by atoms with Crippen LogP contribution in [0, 0.1) is 0 Å². The van der Waals surface area contributed by atoms with Crippen LogP contribution in [0.3, 0.4) is 0 Å². The third-order valence-electron chi connectivity index (χ3n) is 3.24. The van der Waals surface area contributed by atoms with Crippen LogP contribution in [0.25, 0.3) is 0 Å². The minimum Gasteiger partial charge on any atom is -0.496 e. The van der Waals surface area contributed by atoms with Gasteiger partial charge < -0.3 is 14.8 Å². The van der Waals surface area contributed by atoms with Crippen molar-refractivity contribution in [3.05, 3.63) is 28.8 Å². The molecule has 0 saturated carbocycles. The van der Waals surface area contributed by atoms with E-state index < -0.39 is 0 Å². The molecule has 1 aliphatic rings. The number of morpholine rings is 1. The summed E-state index contributed by atoms with van der Waals surface area (Å²) in [6.45, 7) is 4.26. The van der Waals surface area contributed by atoms with Crippen LogP contribution in [0.2, 0.25) is 5.02 Å². The number of methoxy groups -OCH3 is 1. The summed E-state index contributed by atoms with van der Waals surface area (Å²) in [6, 6.07) is 5.73. The lowest BCUT2D eigenvalue weighted by atomic mass is 10.1. The third-order valence-corrected chi connectivity index (χ3v) is 3.60. The zero-order valence-electron chi connectivity index (χ0n) is 11.5. The quantitative estimate of drug-likeness (QED) is 0.894. The van der Waals surface area contributed by atoms with Gasteiger partial charge >= 0.3 is 0 Å². The topological polar surface area (TPSA) is 33.7 Å². The smallest absolute Gasteiger partial charge is 0.124 e. The molecule has 1 fully saturated rings. The van der Waals surface area contributed by atoms with E-state index in [2.05, 4.69) is 17.3 Å². The lowest BCUT2D eigenvalue weighted by Crippen LogP contribution is -2.44. The van der Waals surface area contributed by atoms with Crippen molar-refractivity contribution < 1.29 is 9.47 Å². The summed E-state index contributed by atoms with van der Waals surface area (Å²) in [6.07, 6.45) is 0.243. The number of hydrogen-bond donors (Lipinski definition) is 1. The minimum absolute atomic E-state index is 0.243. The van der Waals surface area contributed by atoms with E-state index in [0.717, 1.165) is 49.1 Å². The zero-order chi connectivity index (χ0) is 13.7. The first-order chi connectivity index (χ1) is 9.20. The fourth-order valence-corrected chi connectivity index (χ4v) is 2.53. The van der Waals surface area contributed by atoms with Crippen LogP contribution < -0.4 is 10.1 Å². The minimum atomic E-state index is 0.243. The summed E-state index contributed by atoms with van der Waals surface area (Å²) in [7, 11) is 3.74. The summed E-state index contributed by atoms with van der Waals surface area (Å²) < 4.78 is 11.1. The SMILES string of the molecule is COc1cccc(Cl)c1CN(C)CC1CNCCO1. The summed E-state index contributed by atoms with van der Waals surface area (Å²) >= 11 is 6.24. The van der Waals surface area contributed by atoms with Crippen LogP contribution in [-0.4, -0.2) is 51.4 Å². The molecular weight excluding hydrogens is 264 g/mol. The molecule has 0 spiro atoms. The van der Waals surface area contributed by atoms with Crippen molar-refractivity contribution in [2.75, 3.05) is 40.4 Å². The summed E-state index contributed by atoms with van der Waals surface area (Å²) in [5.41, 5.74) is 1.03. The van der Waals surface area contributed by atoms with Gasteiger partial charge in [-0.25, -0.2) is 0 Å². The highest BCUT2D eigenvalue weighted by Crippen LogP contribution is 2.27. The molecule has 1 heterocycles. The first-order valence-electron chi connectivity index (χ1n) is 6.53. The fraction of sp³-hybridized carbons (Fsp3) is 0.571. The maximum Gasteiger partial charge on any atom is 0.124 e. The Morgan fingerprint density at radius 2 is 2.37 bits per heavy atom. The van der Waals surface area contributed by atoms with Gasteiger partial charge in [-0.2, -0.15) is 0 Å². The predicted octanol–water partition coefficient (Wildman–Crippen LogP) is 1.77. The summed E-state index contributed by atoms with van der Waals surface area (Å²) in [4.78, 5) is 2.21. The van der Waals surface area contributed by atoms with Crippen molar-refractivity contribution in [2.45, 2.75) is 12.6 Å². The maximum absolute atomic E-state index is 6.24. The molecule has 19 heavy (non-hydrogen) atoms. The Morgan fingerprint density at radius 1 is 1.53 bits per heavy atom. The average molecular weight is 285 g/mol. The monoisotopic (exact) mass is 284 g/mol. The van der Waals surface area contributed by atoms with Gasteiger partial charge in [0, 0.05) is 36.8 Å². The normalized spacial score (nSPS) is 19.7. The first kappa shape index (κ1) is 14.6. The Kier molecular flexibility index (Phi) is 5.45. The van der Waals surface area contributed by atoms with E-state index in [1.807, 2.05) is 18.2 Å². The van der Waals surface area contributed by atoms with E-state index in [0.29, 0.717) is 0 Å². The number of rotatable bonds is 5. The van der Waals surface area contributed by atoms with Crippen LogP contribution in [0.15, 0.2) is 18.2 Å². The largest absolute Gasteiger partial charge is 0.496 e. The Hall–Kier alpha value is -0.810. The molecule has 2 rings (SSSR count). The molecule has 4 nitrogen and oxygen atoms in total. The van der Waals surface area contributed by atoms with Gasteiger partial charge in [0.2, 0.25) is 0 Å². The molecule has 1 saturated heterocycles. The van der Waals surface area contributed by atoms with Crippen molar-refractivity contribution in [1.82, 2.24) is 10.2 Å². The molecule has 1 unspecified atom stereocenters. The Bertz CT molecular complexity index is 408. The highest BCUT2D eigenvalue weighted by atomic mass is 35.5. The summed E-state index contributed by atoms with van der Waals surface area (Å²) in [5.74, 6) is 0.835. The standard InChI is InChI=1S/C14H21ClN2O2/c1-17(9-11-8-16-6-7-19-11)10-12-13(15)4-3-5-14(12)18-2/h3-5,11,16H,6-10H2,1-2H3. The van der Waals surface area contributed by atoms with Crippen molar-refractivity contribution in [3.8, 4) is 5.75 Å². The Balaban J connectivity index is 1.96. The highest BCUT2D eigenvalue weighted by Gasteiger charge is 2.17. The van der Waals surface area contributed by atoms with Crippen LogP contribution in [0.4, 0.5) is 0 Å². The van der Waals surface area contributed by atoms with E-state index in [1.54, 1.807) is 7.11 Å². The Morgan fingerprint density at radius 3 is 3.05 bits per heavy atom. The molecule has 0 aromatic heterocycles. The number of nitrogens with zero attached hydrogens (tertiary/aromatic N) is 1. The first-order valence-corrected chi connectivity index (χ1v) is 6.90. The van der Waals surface area contributed by atoms with Gasteiger partial charge in [0.25, 0.3) is 0 Å². The number of likely N-dealkylation sites (N-methyl/N-ethyl adjacent to an activating group) is 1. The summed E-state index contributed by atoms with van der Waals surface area (Å²) in [5, 5.41) is 4.08. The molecule has 1 N–H and O–H groups in total. The van der Waals surface area contributed by atoms with Crippen LogP contribution in [0.5, 0.6) is 5.75 Å². The number of benzene rings is 1. The van der Waals surface area contributed by atoms with Gasteiger partial charge in [-0.3, -0.25) is 4.90 Å². The van der Waals surface area contributed by atoms with E-state index in [9.17, 15) is 0 Å². The number of halogens is 1. The van der Waals surface area contributed by atoms with Crippen molar-refractivity contribution >= 4 is 11.6 Å². The van der Waals surface area contributed by atoms with Crippen LogP contribution in [0.1, 0.15) is 5.56 Å². The number of hydrogen-bond acceptors (Lipinski definition) is 4. The second-order valence-corrected chi connectivity index (χ2v) is 5.22. The lowest BCUT2D eigenvalue weighted by Gasteiger charge is -2.28. The predicted molar refractivity (Wildman–Crippen MR) is 76.9 cm³/mol. The molecule has 0 bridgehead atoms. The van der Waals surface area contributed by atoms with Crippen LogP contribution in [-0.2, 0) is 11.3 Å². The van der Waals surface area contributed by atoms with Gasteiger partial charge in [0.15, 0.2) is 0 Å². The fourth-order valence-electron chi connectivity index (χ4n) is 2.30. The van der Waals surface area contributed by atoms with Crippen molar-refractivity contribution in [2.24, 2.45) is 0 Å². The number of nitrogens with one attached hydrogen (secondary N) is 1. The highest BCUT2D eigenvalue weighted by molar-refractivity contribution is 6.31. The molecule has 1 aliphatic heterocycles. The molecular formula is C14H21ClN2O2. The maximum atomic E-state index is 6.24. The average Bonchev–Trinajstić information content (AvgIpc) is 2.42. The van der Waals surface area contributed by atoms with Crippen LogP contribution >= 0.6 is 11.6 Å². The van der Waals surface area contributed by atoms with Gasteiger partial charge in [-0.05, 0) is 19.2 Å². The van der Waals surface area contributed by atoms with Gasteiger partial charge in [0.1, 0.15) is 5.75 Å². The second-order valence-electron chi connectivity index (χ2n) is 4.81. The van der Waals surface area contributed by atoms with E-state index in [4.69, 9.17) is 21.1 Å². The Labute approximate surface area is 119 Å². The molecule has 1 aromatic rings. The molecule has 0 amide bonds. The van der Waals surface area contributed by atoms with Gasteiger partial charge in [-0.1, -0.05) is 17.7 Å². The molecule has 0 aliphatic carbocycles. The zero-order valence-corrected chi connectivity index (χ0v) is 12.2. The number of ether oxygens (including phenoxy) is 2. The molecule has 106 valence electrons. The van der Waals surface area contributed by atoms with Gasteiger partial charge in [-0.15, -0.1) is 0 Å². The second kappa shape index (κ2) is 7.10. The molecule has 1 atom stereocenters. The molecule has 5 heteroatoms. The van der Waals surface area contributed by atoms with E-state index in [1.165, 1.54) is 0 Å². The van der Waals surface area contributed by atoms with Crippen molar-refractivity contribution in [3.63, 3.8) is 0 Å². The van der Waals surface area contributed by atoms with Gasteiger partial charge in [0.05, 0.1) is 19.8 Å². The van der Waals surface area contributed by atoms with E-state index >= 15 is 0 Å². The molecule has 0 radical (unpaired) electrons.